The molecule has 0 spiro atoms. The molecule has 0 saturated carbocycles. The summed E-state index contributed by atoms with van der Waals surface area (Å²) in [5, 5.41) is 17.6. The second kappa shape index (κ2) is 7.62. The van der Waals surface area contributed by atoms with Crippen molar-refractivity contribution in [3.8, 4) is 0 Å². The van der Waals surface area contributed by atoms with Gasteiger partial charge in [-0.25, -0.2) is 9.59 Å². The van der Waals surface area contributed by atoms with E-state index in [0.29, 0.717) is 6.42 Å². The Bertz CT molecular complexity index is 342. The minimum atomic E-state index is -1.11. The highest BCUT2D eigenvalue weighted by Gasteiger charge is 2.07. The molecular weight excluding hydrogens is 222 g/mol. The van der Waals surface area contributed by atoms with Crippen LogP contribution in [0, 0.1) is 0 Å². The molecule has 0 unspecified atom stereocenters. The molecule has 0 aromatic rings. The van der Waals surface area contributed by atoms with Gasteiger partial charge in [0.25, 0.3) is 0 Å². The summed E-state index contributed by atoms with van der Waals surface area (Å²) in [7, 11) is 3.88. The van der Waals surface area contributed by atoms with Crippen LogP contribution in [0.3, 0.4) is 0 Å². The summed E-state index contributed by atoms with van der Waals surface area (Å²) >= 11 is 0. The maximum absolute atomic E-state index is 10.9. The first-order valence-corrected chi connectivity index (χ1v) is 5.34. The molecule has 0 bridgehead atoms. The Kier molecular flexibility index (Phi) is 6.89. The van der Waals surface area contributed by atoms with E-state index in [1.54, 1.807) is 6.08 Å². The molecule has 0 saturated heterocycles. The van der Waals surface area contributed by atoms with Gasteiger partial charge in [0.05, 0.1) is 5.57 Å². The average molecular weight is 241 g/mol. The predicted molar refractivity (Wildman–Crippen MR) is 64.9 cm³/mol. The van der Waals surface area contributed by atoms with Crippen LogP contribution in [0.15, 0.2) is 23.3 Å². The molecule has 2 N–H and O–H groups in total. The number of unbranched alkanes of at least 4 members (excludes halogenated alkanes) is 1. The molecule has 17 heavy (non-hydrogen) atoms. The van der Waals surface area contributed by atoms with Gasteiger partial charge in [0.1, 0.15) is 0 Å². The number of nitrogens with zero attached hydrogens (tertiary/aromatic N) is 1. The zero-order valence-corrected chi connectivity index (χ0v) is 10.4. The van der Waals surface area contributed by atoms with Gasteiger partial charge in [0.2, 0.25) is 0 Å². The second-order valence-corrected chi connectivity index (χ2v) is 4.04. The van der Waals surface area contributed by atoms with Crippen molar-refractivity contribution in [3.63, 3.8) is 0 Å². The van der Waals surface area contributed by atoms with Gasteiger partial charge in [-0.2, -0.15) is 0 Å². The number of hydrogen-bond acceptors (Lipinski definition) is 3. The third kappa shape index (κ3) is 7.30. The minimum absolute atomic E-state index is 0.0197. The SMILES string of the molecule is CC(=CC(=CCCCN(C)C)C(=O)O)C(=O)O. The minimum Gasteiger partial charge on any atom is -0.478 e. The molecule has 5 heteroatoms. The van der Waals surface area contributed by atoms with Gasteiger partial charge in [-0.05, 0) is 46.5 Å². The van der Waals surface area contributed by atoms with Gasteiger partial charge in [-0.3, -0.25) is 0 Å². The first-order valence-electron chi connectivity index (χ1n) is 5.34. The summed E-state index contributed by atoms with van der Waals surface area (Å²) in [6.07, 6.45) is 4.19. The van der Waals surface area contributed by atoms with E-state index in [9.17, 15) is 9.59 Å². The molecule has 0 aromatic carbocycles. The van der Waals surface area contributed by atoms with E-state index in [1.807, 2.05) is 19.0 Å². The van der Waals surface area contributed by atoms with E-state index in [1.165, 1.54) is 13.0 Å². The Balaban J connectivity index is 4.54. The van der Waals surface area contributed by atoms with E-state index >= 15 is 0 Å². The Hall–Kier alpha value is -1.62. The van der Waals surface area contributed by atoms with Crippen molar-refractivity contribution >= 4 is 11.9 Å². The molecule has 0 aliphatic carbocycles. The van der Waals surface area contributed by atoms with Gasteiger partial charge in [0.15, 0.2) is 0 Å². The molecule has 96 valence electrons. The Morgan fingerprint density at radius 1 is 1.18 bits per heavy atom. The van der Waals surface area contributed by atoms with Crippen LogP contribution in [0.2, 0.25) is 0 Å². The maximum Gasteiger partial charge on any atom is 0.335 e. The summed E-state index contributed by atoms with van der Waals surface area (Å²) in [5.41, 5.74) is 0.0508. The van der Waals surface area contributed by atoms with Crippen molar-refractivity contribution in [2.45, 2.75) is 19.8 Å². The predicted octanol–water partition coefficient (Wildman–Crippen LogP) is 1.37. The topological polar surface area (TPSA) is 77.8 Å². The van der Waals surface area contributed by atoms with Crippen molar-refractivity contribution in [1.29, 1.82) is 0 Å². The third-order valence-corrected chi connectivity index (χ3v) is 2.13. The third-order valence-electron chi connectivity index (χ3n) is 2.13. The lowest BCUT2D eigenvalue weighted by Crippen LogP contribution is -2.12. The summed E-state index contributed by atoms with van der Waals surface area (Å²) in [6.45, 7) is 2.24. The second-order valence-electron chi connectivity index (χ2n) is 4.04. The van der Waals surface area contributed by atoms with E-state index in [0.717, 1.165) is 13.0 Å². The molecule has 0 aromatic heterocycles. The van der Waals surface area contributed by atoms with E-state index in [4.69, 9.17) is 10.2 Å². The first kappa shape index (κ1) is 15.4. The maximum atomic E-state index is 10.9. The zero-order valence-electron chi connectivity index (χ0n) is 10.4. The highest BCUT2D eigenvalue weighted by atomic mass is 16.4. The Labute approximate surface area is 101 Å². The van der Waals surface area contributed by atoms with Crippen LogP contribution in [0.25, 0.3) is 0 Å². The van der Waals surface area contributed by atoms with Crippen LogP contribution in [-0.2, 0) is 9.59 Å². The molecule has 0 heterocycles. The summed E-state index contributed by atoms with van der Waals surface area (Å²) in [6, 6.07) is 0. The highest BCUT2D eigenvalue weighted by Crippen LogP contribution is 2.06. The Morgan fingerprint density at radius 3 is 2.18 bits per heavy atom. The number of carboxylic acids is 2. The molecule has 0 atom stereocenters. The molecule has 0 amide bonds. The fraction of sp³-hybridized carbons (Fsp3) is 0.500. The smallest absolute Gasteiger partial charge is 0.335 e. The monoisotopic (exact) mass is 241 g/mol. The molecule has 0 aliphatic rings. The van der Waals surface area contributed by atoms with Crippen molar-refractivity contribution in [2.24, 2.45) is 0 Å². The Morgan fingerprint density at radius 2 is 1.76 bits per heavy atom. The van der Waals surface area contributed by atoms with Gasteiger partial charge < -0.3 is 15.1 Å². The molecule has 0 aliphatic heterocycles. The van der Waals surface area contributed by atoms with Gasteiger partial charge in [-0.15, -0.1) is 0 Å². The van der Waals surface area contributed by atoms with Crippen LogP contribution in [-0.4, -0.2) is 47.7 Å². The summed E-state index contributed by atoms with van der Waals surface area (Å²) in [4.78, 5) is 23.5. The standard InChI is InChI=1S/C12H19NO4/c1-9(11(14)15)8-10(12(16)17)6-4-5-7-13(2)3/h6,8H,4-5,7H2,1-3H3,(H,14,15)(H,16,17). The fourth-order valence-corrected chi connectivity index (χ4v) is 1.17. The number of hydrogen-bond donors (Lipinski definition) is 2. The van der Waals surface area contributed by atoms with Gasteiger partial charge >= 0.3 is 11.9 Å². The van der Waals surface area contributed by atoms with Crippen molar-refractivity contribution < 1.29 is 19.8 Å². The highest BCUT2D eigenvalue weighted by molar-refractivity contribution is 5.94. The van der Waals surface area contributed by atoms with Crippen molar-refractivity contribution in [3.05, 3.63) is 23.3 Å². The van der Waals surface area contributed by atoms with E-state index in [-0.39, 0.29) is 11.1 Å². The number of carbonyl (C=O) groups is 2. The lowest BCUT2D eigenvalue weighted by atomic mass is 10.1. The first-order chi connectivity index (χ1) is 7.84. The summed E-state index contributed by atoms with van der Waals surface area (Å²) in [5.74, 6) is -2.21. The zero-order chi connectivity index (χ0) is 13.4. The number of aliphatic carboxylic acids is 2. The van der Waals surface area contributed by atoms with Crippen molar-refractivity contribution in [1.82, 2.24) is 4.90 Å². The molecule has 5 nitrogen and oxygen atoms in total. The normalized spacial score (nSPS) is 12.9. The average Bonchev–Trinajstić information content (AvgIpc) is 2.21. The molecule has 0 rings (SSSR count). The fourth-order valence-electron chi connectivity index (χ4n) is 1.17. The van der Waals surface area contributed by atoms with Crippen molar-refractivity contribution in [2.75, 3.05) is 20.6 Å². The molecule has 0 fully saturated rings. The number of rotatable bonds is 7. The van der Waals surface area contributed by atoms with Gasteiger partial charge in [-0.1, -0.05) is 6.08 Å². The van der Waals surface area contributed by atoms with Crippen LogP contribution in [0.1, 0.15) is 19.8 Å². The van der Waals surface area contributed by atoms with Crippen LogP contribution >= 0.6 is 0 Å². The lowest BCUT2D eigenvalue weighted by Gasteiger charge is -2.07. The number of allylic oxidation sites excluding steroid dienone is 1. The quantitative estimate of drug-likeness (QED) is 0.400. The van der Waals surface area contributed by atoms with E-state index < -0.39 is 11.9 Å². The summed E-state index contributed by atoms with van der Waals surface area (Å²) < 4.78 is 0. The van der Waals surface area contributed by atoms with Crippen LogP contribution in [0.5, 0.6) is 0 Å². The van der Waals surface area contributed by atoms with E-state index in [2.05, 4.69) is 0 Å². The molecular formula is C12H19NO4. The largest absolute Gasteiger partial charge is 0.478 e. The van der Waals surface area contributed by atoms with Crippen LogP contribution < -0.4 is 0 Å². The molecule has 0 radical (unpaired) electrons. The van der Waals surface area contributed by atoms with Gasteiger partial charge in [0, 0.05) is 5.57 Å². The van der Waals surface area contributed by atoms with Crippen LogP contribution in [0.4, 0.5) is 0 Å². The number of carboxylic acid groups (broad SMARTS) is 2. The lowest BCUT2D eigenvalue weighted by molar-refractivity contribution is -0.132.